The summed E-state index contributed by atoms with van der Waals surface area (Å²) in [6, 6.07) is 16.7. The van der Waals surface area contributed by atoms with Crippen LogP contribution in [0.4, 0.5) is 0 Å². The summed E-state index contributed by atoms with van der Waals surface area (Å²) >= 11 is 0. The fourth-order valence-corrected chi connectivity index (χ4v) is 3.29. The minimum absolute atomic E-state index is 0.00445. The minimum Gasteiger partial charge on any atom is -0.504 e. The molecule has 1 aromatic heterocycles. The molecule has 4 aromatic rings. The second-order valence-electron chi connectivity index (χ2n) is 7.31. The third-order valence-electron chi connectivity index (χ3n) is 5.02. The maximum absolute atomic E-state index is 12.4. The number of methoxy groups -OCH3 is 2. The van der Waals surface area contributed by atoms with Crippen molar-refractivity contribution in [1.29, 1.82) is 0 Å². The molecule has 1 heterocycles. The second kappa shape index (κ2) is 10.4. The van der Waals surface area contributed by atoms with E-state index in [1.165, 1.54) is 26.5 Å². The number of para-hydroxylation sites is 1. The molecule has 0 spiro atoms. The number of ether oxygens (including phenoxy) is 3. The number of aromatic amines is 1. The van der Waals surface area contributed by atoms with Crippen LogP contribution in [0.25, 0.3) is 22.3 Å². The SMILES string of the molecule is COc1cc(/C=N/NC(=O)COc2ccc(-c3nc4ccccc4c(=O)[nH]3)cc2OC)ccc1O. The molecule has 3 aromatic carbocycles. The van der Waals surface area contributed by atoms with Crippen LogP contribution in [0.3, 0.4) is 0 Å². The van der Waals surface area contributed by atoms with Gasteiger partial charge >= 0.3 is 0 Å². The number of nitrogens with one attached hydrogen (secondary N) is 2. The fourth-order valence-electron chi connectivity index (χ4n) is 3.29. The number of aromatic hydroxyl groups is 1. The number of benzene rings is 3. The van der Waals surface area contributed by atoms with Gasteiger partial charge in [-0.3, -0.25) is 9.59 Å². The number of fused-ring (bicyclic) bond motifs is 1. The molecule has 0 aliphatic carbocycles. The third-order valence-corrected chi connectivity index (χ3v) is 5.02. The number of H-pyrrole nitrogens is 1. The quantitative estimate of drug-likeness (QED) is 0.264. The normalized spacial score (nSPS) is 10.9. The zero-order valence-corrected chi connectivity index (χ0v) is 18.9. The highest BCUT2D eigenvalue weighted by Gasteiger charge is 2.12. The van der Waals surface area contributed by atoms with Gasteiger partial charge in [-0.05, 0) is 54.1 Å². The number of phenolic OH excluding ortho intramolecular Hbond substituents is 1. The Balaban J connectivity index is 1.42. The summed E-state index contributed by atoms with van der Waals surface area (Å²) < 4.78 is 16.0. The highest BCUT2D eigenvalue weighted by Crippen LogP contribution is 2.31. The van der Waals surface area contributed by atoms with Gasteiger partial charge in [0.1, 0.15) is 5.82 Å². The summed E-state index contributed by atoms with van der Waals surface area (Å²) in [4.78, 5) is 31.8. The average Bonchev–Trinajstić information content (AvgIpc) is 2.88. The van der Waals surface area contributed by atoms with Crippen molar-refractivity contribution in [3.05, 3.63) is 76.6 Å². The zero-order valence-electron chi connectivity index (χ0n) is 18.9. The van der Waals surface area contributed by atoms with Crippen LogP contribution in [0.5, 0.6) is 23.0 Å². The minimum atomic E-state index is -0.487. The van der Waals surface area contributed by atoms with Crippen molar-refractivity contribution in [2.24, 2.45) is 5.10 Å². The van der Waals surface area contributed by atoms with Crippen LogP contribution in [0.15, 0.2) is 70.6 Å². The number of nitrogens with zero attached hydrogens (tertiary/aromatic N) is 2. The first kappa shape index (κ1) is 23.3. The van der Waals surface area contributed by atoms with Crippen molar-refractivity contribution >= 4 is 23.0 Å². The number of carbonyl (C=O) groups is 1. The molecule has 0 atom stereocenters. The van der Waals surface area contributed by atoms with Crippen LogP contribution < -0.4 is 25.2 Å². The Kier molecular flexibility index (Phi) is 6.91. The topological polar surface area (TPSA) is 135 Å². The molecule has 0 fully saturated rings. The van der Waals surface area contributed by atoms with Crippen molar-refractivity contribution in [3.63, 3.8) is 0 Å². The van der Waals surface area contributed by atoms with Gasteiger partial charge < -0.3 is 24.3 Å². The van der Waals surface area contributed by atoms with Crippen LogP contribution in [0, 0.1) is 0 Å². The van der Waals surface area contributed by atoms with Crippen LogP contribution >= 0.6 is 0 Å². The lowest BCUT2D eigenvalue weighted by molar-refractivity contribution is -0.123. The molecule has 4 rings (SSSR count). The maximum Gasteiger partial charge on any atom is 0.277 e. The summed E-state index contributed by atoms with van der Waals surface area (Å²) in [6.07, 6.45) is 1.41. The molecule has 10 nitrogen and oxygen atoms in total. The van der Waals surface area contributed by atoms with E-state index < -0.39 is 5.91 Å². The van der Waals surface area contributed by atoms with Gasteiger partial charge in [0.2, 0.25) is 0 Å². The van der Waals surface area contributed by atoms with E-state index >= 15 is 0 Å². The molecule has 0 unspecified atom stereocenters. The van der Waals surface area contributed by atoms with Crippen molar-refractivity contribution in [2.75, 3.05) is 20.8 Å². The molecule has 0 saturated carbocycles. The third kappa shape index (κ3) is 5.38. The number of hydrogen-bond donors (Lipinski definition) is 3. The summed E-state index contributed by atoms with van der Waals surface area (Å²) in [7, 11) is 2.91. The number of rotatable bonds is 8. The molecule has 35 heavy (non-hydrogen) atoms. The molecule has 0 radical (unpaired) electrons. The standard InChI is InChI=1S/C25H22N4O6/c1-33-21-11-15(7-9-19(21)30)13-26-29-23(31)14-35-20-10-8-16(12-22(20)34-2)24-27-18-6-4-3-5-17(18)25(32)28-24/h3-13,30H,14H2,1-2H3,(H,29,31)(H,27,28,32)/b26-13+. The summed E-state index contributed by atoms with van der Waals surface area (Å²) in [6.45, 7) is -0.309. The first-order valence-corrected chi connectivity index (χ1v) is 10.5. The van der Waals surface area contributed by atoms with E-state index in [2.05, 4.69) is 20.5 Å². The monoisotopic (exact) mass is 474 g/mol. The highest BCUT2D eigenvalue weighted by molar-refractivity contribution is 5.84. The molecule has 0 aliphatic rings. The molecule has 0 aliphatic heterocycles. The molecule has 10 heteroatoms. The Labute approximate surface area is 199 Å². The van der Waals surface area contributed by atoms with E-state index in [-0.39, 0.29) is 17.9 Å². The molecule has 3 N–H and O–H groups in total. The van der Waals surface area contributed by atoms with E-state index in [0.29, 0.717) is 45.1 Å². The van der Waals surface area contributed by atoms with E-state index in [1.807, 2.05) is 6.07 Å². The summed E-state index contributed by atoms with van der Waals surface area (Å²) in [5.41, 5.74) is 3.94. The summed E-state index contributed by atoms with van der Waals surface area (Å²) in [5, 5.41) is 14.0. The lowest BCUT2D eigenvalue weighted by atomic mass is 10.1. The van der Waals surface area contributed by atoms with Gasteiger partial charge in [0.25, 0.3) is 11.5 Å². The molecule has 1 amide bonds. The zero-order chi connectivity index (χ0) is 24.8. The smallest absolute Gasteiger partial charge is 0.277 e. The van der Waals surface area contributed by atoms with Gasteiger partial charge in [0.05, 0.1) is 31.3 Å². The molecular weight excluding hydrogens is 452 g/mol. The first-order valence-electron chi connectivity index (χ1n) is 10.5. The van der Waals surface area contributed by atoms with Crippen LogP contribution in [-0.4, -0.2) is 48.0 Å². The Morgan fingerprint density at radius 2 is 1.86 bits per heavy atom. The van der Waals surface area contributed by atoms with E-state index in [0.717, 1.165) is 0 Å². The van der Waals surface area contributed by atoms with Gasteiger partial charge in [-0.25, -0.2) is 10.4 Å². The number of phenols is 1. The summed E-state index contributed by atoms with van der Waals surface area (Å²) in [5.74, 6) is 0.898. The average molecular weight is 474 g/mol. The van der Waals surface area contributed by atoms with Crippen molar-refractivity contribution in [1.82, 2.24) is 15.4 Å². The predicted molar refractivity (Wildman–Crippen MR) is 130 cm³/mol. The van der Waals surface area contributed by atoms with Crippen LogP contribution in [0.1, 0.15) is 5.56 Å². The Morgan fingerprint density at radius 1 is 1.06 bits per heavy atom. The highest BCUT2D eigenvalue weighted by atomic mass is 16.5. The number of carbonyl (C=O) groups excluding carboxylic acids is 1. The van der Waals surface area contributed by atoms with Crippen molar-refractivity contribution in [3.8, 4) is 34.4 Å². The molecular formula is C25H22N4O6. The van der Waals surface area contributed by atoms with Gasteiger partial charge in [-0.15, -0.1) is 0 Å². The molecule has 0 saturated heterocycles. The second-order valence-corrected chi connectivity index (χ2v) is 7.31. The predicted octanol–water partition coefficient (Wildman–Crippen LogP) is 2.84. The first-order chi connectivity index (χ1) is 17.0. The fraction of sp³-hybridized carbons (Fsp3) is 0.120. The van der Waals surface area contributed by atoms with Crippen LogP contribution in [-0.2, 0) is 4.79 Å². The van der Waals surface area contributed by atoms with Crippen molar-refractivity contribution in [2.45, 2.75) is 0 Å². The van der Waals surface area contributed by atoms with Crippen LogP contribution in [0.2, 0.25) is 0 Å². The van der Waals surface area contributed by atoms with Gasteiger partial charge in [-0.1, -0.05) is 12.1 Å². The van der Waals surface area contributed by atoms with Gasteiger partial charge in [0, 0.05) is 5.56 Å². The largest absolute Gasteiger partial charge is 0.504 e. The molecule has 178 valence electrons. The number of hydrazone groups is 1. The van der Waals surface area contributed by atoms with Crippen molar-refractivity contribution < 1.29 is 24.1 Å². The van der Waals surface area contributed by atoms with Gasteiger partial charge in [-0.2, -0.15) is 5.10 Å². The Bertz CT molecular complexity index is 1460. The maximum atomic E-state index is 12.4. The lowest BCUT2D eigenvalue weighted by Crippen LogP contribution is -2.24. The van der Waals surface area contributed by atoms with E-state index in [4.69, 9.17) is 14.2 Å². The molecule has 0 bridgehead atoms. The number of hydrogen-bond acceptors (Lipinski definition) is 8. The lowest BCUT2D eigenvalue weighted by Gasteiger charge is -2.12. The number of aromatic nitrogens is 2. The van der Waals surface area contributed by atoms with E-state index in [1.54, 1.807) is 48.5 Å². The van der Waals surface area contributed by atoms with E-state index in [9.17, 15) is 14.7 Å². The number of amides is 1. The Morgan fingerprint density at radius 3 is 2.66 bits per heavy atom. The van der Waals surface area contributed by atoms with Gasteiger partial charge in [0.15, 0.2) is 29.6 Å². The Hall–Kier alpha value is -4.86.